The van der Waals surface area contributed by atoms with Crippen molar-refractivity contribution in [3.8, 4) is 11.1 Å². The Labute approximate surface area is 107 Å². The van der Waals surface area contributed by atoms with E-state index in [0.717, 1.165) is 16.8 Å². The summed E-state index contributed by atoms with van der Waals surface area (Å²) in [4.78, 5) is 0. The number of benzene rings is 1. The molecule has 3 heteroatoms. The van der Waals surface area contributed by atoms with Crippen LogP contribution >= 0.6 is 0 Å². The van der Waals surface area contributed by atoms with Crippen LogP contribution in [-0.4, -0.2) is 5.16 Å². The second-order valence-electron chi connectivity index (χ2n) is 5.16. The van der Waals surface area contributed by atoms with Crippen molar-refractivity contribution in [1.82, 2.24) is 5.16 Å². The normalized spacial score (nSPS) is 16.3. The summed E-state index contributed by atoms with van der Waals surface area (Å²) in [5.41, 5.74) is 10.4. The molecule has 1 aliphatic rings. The fraction of sp³-hybridized carbons (Fsp3) is 0.400. The molecular weight excluding hydrogens is 224 g/mol. The first-order chi connectivity index (χ1) is 8.75. The number of nitrogen functional groups attached to an aromatic ring is 1. The largest absolute Gasteiger partial charge is 0.367 e. The Morgan fingerprint density at radius 1 is 1.28 bits per heavy atom. The van der Waals surface area contributed by atoms with Crippen LogP contribution in [-0.2, 0) is 0 Å². The molecule has 3 nitrogen and oxygen atoms in total. The minimum atomic E-state index is 0.447. The fourth-order valence-electron chi connectivity index (χ4n) is 2.88. The topological polar surface area (TPSA) is 52.0 Å². The van der Waals surface area contributed by atoms with Crippen LogP contribution in [0.25, 0.3) is 11.1 Å². The van der Waals surface area contributed by atoms with Gasteiger partial charge in [0.15, 0.2) is 0 Å². The van der Waals surface area contributed by atoms with Gasteiger partial charge in [-0.2, -0.15) is 0 Å². The summed E-state index contributed by atoms with van der Waals surface area (Å²) < 4.78 is 5.23. The van der Waals surface area contributed by atoms with Crippen LogP contribution in [0.5, 0.6) is 0 Å². The van der Waals surface area contributed by atoms with E-state index < -0.39 is 0 Å². The molecule has 1 aliphatic carbocycles. The van der Waals surface area contributed by atoms with E-state index in [1.54, 1.807) is 0 Å². The van der Waals surface area contributed by atoms with Gasteiger partial charge in [0, 0.05) is 5.92 Å². The number of rotatable bonds is 2. The molecule has 0 saturated heterocycles. The first-order valence-corrected chi connectivity index (χ1v) is 6.58. The summed E-state index contributed by atoms with van der Waals surface area (Å²) >= 11 is 0. The smallest absolute Gasteiger partial charge is 0.230 e. The van der Waals surface area contributed by atoms with Crippen molar-refractivity contribution in [3.63, 3.8) is 0 Å². The van der Waals surface area contributed by atoms with Gasteiger partial charge in [-0.15, -0.1) is 0 Å². The number of aromatic nitrogens is 1. The molecule has 0 radical (unpaired) electrons. The maximum Gasteiger partial charge on any atom is 0.230 e. The van der Waals surface area contributed by atoms with Crippen molar-refractivity contribution in [2.75, 3.05) is 5.73 Å². The van der Waals surface area contributed by atoms with E-state index in [1.807, 2.05) is 0 Å². The molecule has 0 amide bonds. The first kappa shape index (κ1) is 11.3. The number of nitrogens with zero attached hydrogens (tertiary/aromatic N) is 1. The van der Waals surface area contributed by atoms with Crippen LogP contribution in [0.2, 0.25) is 0 Å². The van der Waals surface area contributed by atoms with E-state index in [2.05, 4.69) is 36.3 Å². The lowest BCUT2D eigenvalue weighted by molar-refractivity contribution is 0.420. The number of nitrogens with two attached hydrogens (primary N) is 1. The van der Waals surface area contributed by atoms with Crippen LogP contribution in [0.3, 0.4) is 0 Å². The van der Waals surface area contributed by atoms with Gasteiger partial charge in [-0.1, -0.05) is 47.8 Å². The third kappa shape index (κ3) is 1.90. The van der Waals surface area contributed by atoms with Crippen molar-refractivity contribution < 1.29 is 4.52 Å². The maximum absolute atomic E-state index is 5.96. The predicted octanol–water partition coefficient (Wildman–Crippen LogP) is 3.89. The van der Waals surface area contributed by atoms with Gasteiger partial charge in [0.05, 0.1) is 11.3 Å². The van der Waals surface area contributed by atoms with Crippen LogP contribution in [0.15, 0.2) is 28.8 Å². The Morgan fingerprint density at radius 2 is 2.06 bits per heavy atom. The van der Waals surface area contributed by atoms with Gasteiger partial charge in [-0.3, -0.25) is 0 Å². The van der Waals surface area contributed by atoms with Gasteiger partial charge in [-0.05, 0) is 25.3 Å². The summed E-state index contributed by atoms with van der Waals surface area (Å²) in [6.45, 7) is 2.09. The van der Waals surface area contributed by atoms with E-state index in [1.165, 1.54) is 31.2 Å². The molecule has 1 saturated carbocycles. The van der Waals surface area contributed by atoms with E-state index in [4.69, 9.17) is 10.3 Å². The van der Waals surface area contributed by atoms with Gasteiger partial charge in [0.1, 0.15) is 0 Å². The second kappa shape index (κ2) is 4.48. The average molecular weight is 242 g/mol. The predicted molar refractivity (Wildman–Crippen MR) is 72.3 cm³/mol. The molecule has 1 aromatic heterocycles. The van der Waals surface area contributed by atoms with Gasteiger partial charge >= 0.3 is 0 Å². The molecule has 1 aromatic carbocycles. The molecule has 0 bridgehead atoms. The number of anilines is 1. The molecule has 1 heterocycles. The highest BCUT2D eigenvalue weighted by Crippen LogP contribution is 2.41. The minimum absolute atomic E-state index is 0.447. The molecule has 0 spiro atoms. The molecule has 2 aromatic rings. The lowest BCUT2D eigenvalue weighted by atomic mass is 9.95. The van der Waals surface area contributed by atoms with Crippen molar-refractivity contribution in [1.29, 1.82) is 0 Å². The number of hydrogen-bond acceptors (Lipinski definition) is 3. The van der Waals surface area contributed by atoms with Crippen molar-refractivity contribution in [2.24, 2.45) is 0 Å². The Balaban J connectivity index is 2.07. The van der Waals surface area contributed by atoms with Crippen LogP contribution in [0.1, 0.15) is 42.9 Å². The summed E-state index contributed by atoms with van der Waals surface area (Å²) in [7, 11) is 0. The Morgan fingerprint density at radius 3 is 2.78 bits per heavy atom. The summed E-state index contributed by atoms with van der Waals surface area (Å²) in [5, 5.41) is 4.20. The third-order valence-corrected chi connectivity index (χ3v) is 3.79. The van der Waals surface area contributed by atoms with Crippen molar-refractivity contribution >= 4 is 5.88 Å². The van der Waals surface area contributed by atoms with E-state index >= 15 is 0 Å². The Hall–Kier alpha value is -1.77. The molecule has 0 aliphatic heterocycles. The highest BCUT2D eigenvalue weighted by Gasteiger charge is 2.26. The summed E-state index contributed by atoms with van der Waals surface area (Å²) in [6.07, 6.45) is 4.96. The Bertz CT molecular complexity index is 553. The lowest BCUT2D eigenvalue weighted by Gasteiger charge is -2.08. The molecule has 0 atom stereocenters. The zero-order valence-corrected chi connectivity index (χ0v) is 10.6. The molecule has 3 rings (SSSR count). The molecule has 2 N–H and O–H groups in total. The van der Waals surface area contributed by atoms with E-state index in [0.29, 0.717) is 11.8 Å². The first-order valence-electron chi connectivity index (χ1n) is 6.58. The van der Waals surface area contributed by atoms with Gasteiger partial charge in [0.25, 0.3) is 0 Å². The fourth-order valence-corrected chi connectivity index (χ4v) is 2.88. The zero-order valence-electron chi connectivity index (χ0n) is 10.6. The SMILES string of the molecule is Cc1cccc(-c2c(C3CCCC3)noc2N)c1. The number of hydrogen-bond donors (Lipinski definition) is 1. The number of aryl methyl sites for hydroxylation is 1. The van der Waals surface area contributed by atoms with E-state index in [-0.39, 0.29) is 0 Å². The van der Waals surface area contributed by atoms with Crippen molar-refractivity contribution in [3.05, 3.63) is 35.5 Å². The third-order valence-electron chi connectivity index (χ3n) is 3.79. The molecule has 18 heavy (non-hydrogen) atoms. The molecule has 1 fully saturated rings. The highest BCUT2D eigenvalue weighted by atomic mass is 16.5. The molecule has 0 unspecified atom stereocenters. The van der Waals surface area contributed by atoms with Gasteiger partial charge in [0.2, 0.25) is 5.88 Å². The zero-order chi connectivity index (χ0) is 12.5. The maximum atomic E-state index is 5.96. The molecular formula is C15H18N2O. The lowest BCUT2D eigenvalue weighted by Crippen LogP contribution is -1.96. The van der Waals surface area contributed by atoms with Crippen LogP contribution in [0.4, 0.5) is 5.88 Å². The van der Waals surface area contributed by atoms with Gasteiger partial charge in [-0.25, -0.2) is 0 Å². The van der Waals surface area contributed by atoms with E-state index in [9.17, 15) is 0 Å². The Kier molecular flexibility index (Phi) is 2.82. The quantitative estimate of drug-likeness (QED) is 0.869. The van der Waals surface area contributed by atoms with Crippen LogP contribution < -0.4 is 5.73 Å². The second-order valence-corrected chi connectivity index (χ2v) is 5.16. The minimum Gasteiger partial charge on any atom is -0.367 e. The van der Waals surface area contributed by atoms with Gasteiger partial charge < -0.3 is 10.3 Å². The van der Waals surface area contributed by atoms with Crippen LogP contribution in [0, 0.1) is 6.92 Å². The summed E-state index contributed by atoms with van der Waals surface area (Å²) in [6, 6.07) is 8.35. The standard InChI is InChI=1S/C15H18N2O/c1-10-5-4-8-12(9-10)13-14(17-18-15(13)16)11-6-2-3-7-11/h4-5,8-9,11H,2-3,6-7,16H2,1H3. The highest BCUT2D eigenvalue weighted by molar-refractivity contribution is 5.76. The monoisotopic (exact) mass is 242 g/mol. The molecule has 94 valence electrons. The van der Waals surface area contributed by atoms with Crippen molar-refractivity contribution in [2.45, 2.75) is 38.5 Å². The summed E-state index contributed by atoms with van der Waals surface area (Å²) in [5.74, 6) is 0.962. The average Bonchev–Trinajstić information content (AvgIpc) is 2.97.